The van der Waals surface area contributed by atoms with Gasteiger partial charge in [0.05, 0.1) is 24.4 Å². The van der Waals surface area contributed by atoms with Gasteiger partial charge in [-0.05, 0) is 31.9 Å². The van der Waals surface area contributed by atoms with E-state index in [1.807, 2.05) is 4.90 Å². The Kier molecular flexibility index (Phi) is 7.46. The first-order chi connectivity index (χ1) is 14.1. The van der Waals surface area contributed by atoms with Crippen LogP contribution in [0.3, 0.4) is 0 Å². The zero-order valence-corrected chi connectivity index (χ0v) is 17.0. The smallest absolute Gasteiger partial charge is 0.409 e. The zero-order chi connectivity index (χ0) is 20.6. The minimum absolute atomic E-state index is 0.143. The van der Waals surface area contributed by atoms with Crippen LogP contribution in [0.4, 0.5) is 10.5 Å². The molecular formula is C21H30N4O4. The van der Waals surface area contributed by atoms with Crippen molar-refractivity contribution in [1.82, 2.24) is 15.1 Å². The molecule has 0 aromatic heterocycles. The number of carbonyl (C=O) groups is 3. The first kappa shape index (κ1) is 21.1. The van der Waals surface area contributed by atoms with E-state index in [-0.39, 0.29) is 30.5 Å². The number of ether oxygens (including phenoxy) is 1. The number of nitrogens with one attached hydrogen (secondary N) is 2. The van der Waals surface area contributed by atoms with Crippen molar-refractivity contribution < 1.29 is 19.1 Å². The van der Waals surface area contributed by atoms with Crippen LogP contribution < -0.4 is 10.6 Å². The Hall–Kier alpha value is -2.61. The number of para-hydroxylation sites is 1. The second kappa shape index (κ2) is 10.2. The minimum atomic E-state index is -0.307. The highest BCUT2D eigenvalue weighted by molar-refractivity contribution is 6.04. The summed E-state index contributed by atoms with van der Waals surface area (Å²) in [6, 6.07) is 7.31. The van der Waals surface area contributed by atoms with Crippen LogP contribution in [-0.4, -0.2) is 73.1 Å². The van der Waals surface area contributed by atoms with Gasteiger partial charge in [0.25, 0.3) is 5.91 Å². The molecule has 0 unspecified atom stereocenters. The van der Waals surface area contributed by atoms with Crippen LogP contribution in [0.2, 0.25) is 0 Å². The summed E-state index contributed by atoms with van der Waals surface area (Å²) in [6.45, 7) is 4.64. The topological polar surface area (TPSA) is 91.0 Å². The molecule has 2 fully saturated rings. The van der Waals surface area contributed by atoms with E-state index in [0.29, 0.717) is 44.0 Å². The molecule has 8 heteroatoms. The Bertz CT molecular complexity index is 725. The Labute approximate surface area is 171 Å². The lowest BCUT2D eigenvalue weighted by atomic mass is 10.1. The molecule has 158 valence electrons. The van der Waals surface area contributed by atoms with Crippen molar-refractivity contribution in [2.75, 3.05) is 44.6 Å². The molecule has 0 atom stereocenters. The predicted molar refractivity (Wildman–Crippen MR) is 110 cm³/mol. The number of hydrogen-bond acceptors (Lipinski definition) is 5. The number of rotatable bonds is 6. The number of benzene rings is 1. The van der Waals surface area contributed by atoms with Crippen molar-refractivity contribution in [3.63, 3.8) is 0 Å². The van der Waals surface area contributed by atoms with Gasteiger partial charge in [0.2, 0.25) is 5.91 Å². The van der Waals surface area contributed by atoms with Crippen molar-refractivity contribution in [3.05, 3.63) is 29.8 Å². The Morgan fingerprint density at radius 3 is 2.45 bits per heavy atom. The quantitative estimate of drug-likeness (QED) is 0.760. The summed E-state index contributed by atoms with van der Waals surface area (Å²) in [6.07, 6.45) is 4.01. The van der Waals surface area contributed by atoms with E-state index < -0.39 is 0 Å². The van der Waals surface area contributed by atoms with Crippen molar-refractivity contribution >= 4 is 23.6 Å². The third-order valence-corrected chi connectivity index (χ3v) is 5.40. The maximum Gasteiger partial charge on any atom is 0.409 e. The molecule has 0 bridgehead atoms. The van der Waals surface area contributed by atoms with E-state index in [2.05, 4.69) is 10.6 Å². The van der Waals surface area contributed by atoms with Crippen LogP contribution in [0.25, 0.3) is 0 Å². The highest BCUT2D eigenvalue weighted by Crippen LogP contribution is 2.20. The lowest BCUT2D eigenvalue weighted by molar-refractivity contribution is -0.117. The summed E-state index contributed by atoms with van der Waals surface area (Å²) in [5, 5.41) is 5.94. The number of amides is 3. The van der Waals surface area contributed by atoms with Gasteiger partial charge in [0, 0.05) is 32.2 Å². The summed E-state index contributed by atoms with van der Waals surface area (Å²) in [5.41, 5.74) is 1.01. The van der Waals surface area contributed by atoms with E-state index in [9.17, 15) is 14.4 Å². The standard InChI is InChI=1S/C21H30N4O4/c1-2-29-21(28)25-13-11-24(12-14-25)15-19(26)23-18-10-6-5-9-17(18)20(27)22-16-7-3-4-8-16/h5-6,9-10,16H,2-4,7-8,11-15H2,1H3,(H,22,27)(H,23,26). The van der Waals surface area contributed by atoms with Crippen LogP contribution >= 0.6 is 0 Å². The second-order valence-electron chi connectivity index (χ2n) is 7.51. The van der Waals surface area contributed by atoms with Gasteiger partial charge in [-0.2, -0.15) is 0 Å². The molecule has 1 saturated carbocycles. The summed E-state index contributed by atoms with van der Waals surface area (Å²) < 4.78 is 5.01. The van der Waals surface area contributed by atoms with Gasteiger partial charge in [0.1, 0.15) is 0 Å². The average Bonchev–Trinajstić information content (AvgIpc) is 3.22. The van der Waals surface area contributed by atoms with Crippen LogP contribution in [0.5, 0.6) is 0 Å². The zero-order valence-electron chi connectivity index (χ0n) is 17.0. The minimum Gasteiger partial charge on any atom is -0.450 e. The maximum atomic E-state index is 12.6. The molecule has 2 N–H and O–H groups in total. The number of nitrogens with zero attached hydrogens (tertiary/aromatic N) is 2. The molecule has 3 rings (SSSR count). The Balaban J connectivity index is 1.51. The van der Waals surface area contributed by atoms with Gasteiger partial charge in [-0.15, -0.1) is 0 Å². The normalized spacial score (nSPS) is 17.8. The summed E-state index contributed by atoms with van der Waals surface area (Å²) in [4.78, 5) is 40.6. The first-order valence-electron chi connectivity index (χ1n) is 10.4. The lowest BCUT2D eigenvalue weighted by Gasteiger charge is -2.33. The monoisotopic (exact) mass is 402 g/mol. The van der Waals surface area contributed by atoms with Gasteiger partial charge in [-0.3, -0.25) is 14.5 Å². The van der Waals surface area contributed by atoms with Gasteiger partial charge < -0.3 is 20.3 Å². The molecule has 1 aliphatic carbocycles. The van der Waals surface area contributed by atoms with E-state index in [1.165, 1.54) is 0 Å². The SMILES string of the molecule is CCOC(=O)N1CCN(CC(=O)Nc2ccccc2C(=O)NC2CCCC2)CC1. The van der Waals surface area contributed by atoms with Gasteiger partial charge in [-0.25, -0.2) is 4.79 Å². The van der Waals surface area contributed by atoms with Gasteiger partial charge >= 0.3 is 6.09 Å². The molecule has 3 amide bonds. The fraction of sp³-hybridized carbons (Fsp3) is 0.571. The third-order valence-electron chi connectivity index (χ3n) is 5.40. The molecule has 0 radical (unpaired) electrons. The molecule has 0 spiro atoms. The maximum absolute atomic E-state index is 12.6. The largest absolute Gasteiger partial charge is 0.450 e. The first-order valence-corrected chi connectivity index (χ1v) is 10.4. The molecule has 2 aliphatic rings. The predicted octanol–water partition coefficient (Wildman–Crippen LogP) is 2.07. The van der Waals surface area contributed by atoms with E-state index in [1.54, 1.807) is 36.1 Å². The van der Waals surface area contributed by atoms with E-state index in [0.717, 1.165) is 25.7 Å². The van der Waals surface area contributed by atoms with E-state index in [4.69, 9.17) is 4.74 Å². The molecule has 1 aromatic carbocycles. The molecule has 1 heterocycles. The van der Waals surface area contributed by atoms with Crippen molar-refractivity contribution in [2.24, 2.45) is 0 Å². The van der Waals surface area contributed by atoms with Crippen molar-refractivity contribution in [1.29, 1.82) is 0 Å². The van der Waals surface area contributed by atoms with E-state index >= 15 is 0 Å². The average molecular weight is 402 g/mol. The highest BCUT2D eigenvalue weighted by atomic mass is 16.6. The summed E-state index contributed by atoms with van der Waals surface area (Å²) in [5.74, 6) is -0.313. The van der Waals surface area contributed by atoms with Gasteiger partial charge in [0.15, 0.2) is 0 Å². The van der Waals surface area contributed by atoms with Crippen molar-refractivity contribution in [3.8, 4) is 0 Å². The van der Waals surface area contributed by atoms with Crippen LogP contribution in [0.15, 0.2) is 24.3 Å². The van der Waals surface area contributed by atoms with Crippen LogP contribution in [0, 0.1) is 0 Å². The van der Waals surface area contributed by atoms with Crippen LogP contribution in [-0.2, 0) is 9.53 Å². The molecular weight excluding hydrogens is 372 g/mol. The Morgan fingerprint density at radius 2 is 1.76 bits per heavy atom. The molecule has 29 heavy (non-hydrogen) atoms. The second-order valence-corrected chi connectivity index (χ2v) is 7.51. The van der Waals surface area contributed by atoms with Crippen LogP contribution in [0.1, 0.15) is 43.0 Å². The number of piperazine rings is 1. The molecule has 1 aromatic rings. The fourth-order valence-electron chi connectivity index (χ4n) is 3.82. The highest BCUT2D eigenvalue weighted by Gasteiger charge is 2.24. The van der Waals surface area contributed by atoms with Crippen molar-refractivity contribution in [2.45, 2.75) is 38.6 Å². The third kappa shape index (κ3) is 5.93. The fourth-order valence-corrected chi connectivity index (χ4v) is 3.82. The molecule has 1 aliphatic heterocycles. The molecule has 1 saturated heterocycles. The lowest BCUT2D eigenvalue weighted by Crippen LogP contribution is -2.50. The number of hydrogen-bond donors (Lipinski definition) is 2. The molecule has 8 nitrogen and oxygen atoms in total. The number of anilines is 1. The summed E-state index contributed by atoms with van der Waals surface area (Å²) in [7, 11) is 0. The Morgan fingerprint density at radius 1 is 1.07 bits per heavy atom. The van der Waals surface area contributed by atoms with Gasteiger partial charge in [-0.1, -0.05) is 25.0 Å². The number of carbonyl (C=O) groups excluding carboxylic acids is 3. The summed E-state index contributed by atoms with van der Waals surface area (Å²) >= 11 is 0.